The number of nitrogens with two attached hydrogens (primary N) is 1. The molecule has 3 rings (SSSR count). The number of hydrogen-bond acceptors (Lipinski definition) is 7. The van der Waals surface area contributed by atoms with Crippen LogP contribution in [0.5, 0.6) is 0 Å². The minimum atomic E-state index is -0.731. The molecule has 8 nitrogen and oxygen atoms in total. The van der Waals surface area contributed by atoms with Crippen molar-refractivity contribution in [3.05, 3.63) is 35.6 Å². The van der Waals surface area contributed by atoms with E-state index in [2.05, 4.69) is 21.2 Å². The normalized spacial score (nSPS) is 17.7. The number of carbonyl (C=O) groups is 1. The van der Waals surface area contributed by atoms with Gasteiger partial charge in [-0.3, -0.25) is 4.79 Å². The number of amides is 1. The second-order valence-electron chi connectivity index (χ2n) is 4.66. The molecular formula is C13H12N6O2. The molecule has 8 heteroatoms. The van der Waals surface area contributed by atoms with Gasteiger partial charge in [0.25, 0.3) is 11.7 Å². The molecule has 0 spiro atoms. The maximum Gasteiger partial charge on any atom is 0.290 e. The van der Waals surface area contributed by atoms with Crippen LogP contribution in [0.1, 0.15) is 41.0 Å². The summed E-state index contributed by atoms with van der Waals surface area (Å²) in [6.45, 7) is 0.727. The summed E-state index contributed by atoms with van der Waals surface area (Å²) in [7, 11) is 0. The van der Waals surface area contributed by atoms with Gasteiger partial charge in [-0.25, -0.2) is 4.98 Å². The summed E-state index contributed by atoms with van der Waals surface area (Å²) < 4.78 is 5.12. The molecule has 1 fully saturated rings. The van der Waals surface area contributed by atoms with Crippen LogP contribution in [-0.4, -0.2) is 27.6 Å². The monoisotopic (exact) mass is 284 g/mol. The Morgan fingerprint density at radius 2 is 2.43 bits per heavy atom. The number of pyridine rings is 1. The predicted octanol–water partition coefficient (Wildman–Crippen LogP) is 0.777. The molecule has 106 valence electrons. The third-order valence-electron chi connectivity index (χ3n) is 3.38. The first-order chi connectivity index (χ1) is 10.2. The van der Waals surface area contributed by atoms with Gasteiger partial charge >= 0.3 is 0 Å². The Labute approximate surface area is 120 Å². The fourth-order valence-electron chi connectivity index (χ4n) is 2.46. The van der Waals surface area contributed by atoms with Gasteiger partial charge in [-0.1, -0.05) is 5.16 Å². The van der Waals surface area contributed by atoms with Crippen molar-refractivity contribution >= 4 is 11.7 Å². The van der Waals surface area contributed by atoms with Gasteiger partial charge in [-0.05, 0) is 25.0 Å². The molecule has 0 saturated carbocycles. The zero-order chi connectivity index (χ0) is 14.8. The van der Waals surface area contributed by atoms with Crippen molar-refractivity contribution in [1.82, 2.24) is 15.1 Å². The van der Waals surface area contributed by atoms with Crippen molar-refractivity contribution in [2.75, 3.05) is 11.4 Å². The molecule has 2 aromatic heterocycles. The topological polar surface area (TPSA) is 122 Å². The number of nitriles is 1. The van der Waals surface area contributed by atoms with Crippen LogP contribution < -0.4 is 10.6 Å². The molecule has 2 aromatic rings. The molecule has 1 aliphatic heterocycles. The SMILES string of the molecule is N#Cc1cccnc1N1CCCC1c1nc(C(N)=O)no1. The summed E-state index contributed by atoms with van der Waals surface area (Å²) >= 11 is 0. The number of nitrogens with zero attached hydrogens (tertiary/aromatic N) is 5. The van der Waals surface area contributed by atoms with Gasteiger partial charge in [0.2, 0.25) is 5.89 Å². The summed E-state index contributed by atoms with van der Waals surface area (Å²) in [6.07, 6.45) is 3.32. The molecule has 1 unspecified atom stereocenters. The Balaban J connectivity index is 1.95. The van der Waals surface area contributed by atoms with Crippen LogP contribution in [0.3, 0.4) is 0 Å². The number of rotatable bonds is 3. The molecule has 1 amide bonds. The van der Waals surface area contributed by atoms with E-state index >= 15 is 0 Å². The number of carbonyl (C=O) groups excluding carboxylic acids is 1. The van der Waals surface area contributed by atoms with Crippen LogP contribution in [0.4, 0.5) is 5.82 Å². The fourth-order valence-corrected chi connectivity index (χ4v) is 2.46. The van der Waals surface area contributed by atoms with E-state index in [4.69, 9.17) is 10.3 Å². The van der Waals surface area contributed by atoms with Crippen molar-refractivity contribution in [3.63, 3.8) is 0 Å². The molecular weight excluding hydrogens is 272 g/mol. The third-order valence-corrected chi connectivity index (χ3v) is 3.38. The van der Waals surface area contributed by atoms with Crippen molar-refractivity contribution in [2.45, 2.75) is 18.9 Å². The van der Waals surface area contributed by atoms with Gasteiger partial charge in [-0.15, -0.1) is 0 Å². The Bertz CT molecular complexity index is 719. The summed E-state index contributed by atoms with van der Waals surface area (Å²) in [5, 5.41) is 12.7. The molecule has 0 aliphatic carbocycles. The number of anilines is 1. The van der Waals surface area contributed by atoms with E-state index in [1.807, 2.05) is 4.90 Å². The lowest BCUT2D eigenvalue weighted by atomic mass is 10.2. The Kier molecular flexibility index (Phi) is 3.23. The second-order valence-corrected chi connectivity index (χ2v) is 4.66. The van der Waals surface area contributed by atoms with E-state index < -0.39 is 5.91 Å². The van der Waals surface area contributed by atoms with Crippen LogP contribution in [-0.2, 0) is 0 Å². The van der Waals surface area contributed by atoms with E-state index in [1.54, 1.807) is 18.3 Å². The Hall–Kier alpha value is -2.95. The lowest BCUT2D eigenvalue weighted by Gasteiger charge is -2.23. The third kappa shape index (κ3) is 2.29. The fraction of sp³-hybridized carbons (Fsp3) is 0.308. The Morgan fingerprint density at radius 1 is 1.57 bits per heavy atom. The smallest absolute Gasteiger partial charge is 0.290 e. The van der Waals surface area contributed by atoms with Gasteiger partial charge in [0.15, 0.2) is 0 Å². The quantitative estimate of drug-likeness (QED) is 0.883. The minimum Gasteiger partial charge on any atom is -0.363 e. The number of primary amides is 1. The van der Waals surface area contributed by atoms with Crippen LogP contribution in [0.15, 0.2) is 22.9 Å². The lowest BCUT2D eigenvalue weighted by molar-refractivity contribution is 0.0987. The zero-order valence-corrected chi connectivity index (χ0v) is 11.1. The van der Waals surface area contributed by atoms with Crippen molar-refractivity contribution < 1.29 is 9.32 Å². The molecule has 2 N–H and O–H groups in total. The molecule has 0 radical (unpaired) electrons. The van der Waals surface area contributed by atoms with Gasteiger partial charge in [0.1, 0.15) is 17.9 Å². The second kappa shape index (κ2) is 5.20. The first-order valence-electron chi connectivity index (χ1n) is 6.46. The average molecular weight is 284 g/mol. The summed E-state index contributed by atoms with van der Waals surface area (Å²) in [5.74, 6) is 0.0284. The molecule has 1 saturated heterocycles. The van der Waals surface area contributed by atoms with Crippen LogP contribution in [0, 0.1) is 11.3 Å². The van der Waals surface area contributed by atoms with Gasteiger partial charge < -0.3 is 15.2 Å². The predicted molar refractivity (Wildman–Crippen MR) is 71.1 cm³/mol. The first-order valence-corrected chi connectivity index (χ1v) is 6.46. The molecule has 3 heterocycles. The van der Waals surface area contributed by atoms with Crippen LogP contribution in [0.2, 0.25) is 0 Å². The van der Waals surface area contributed by atoms with E-state index in [1.165, 1.54) is 0 Å². The molecule has 1 aliphatic rings. The zero-order valence-electron chi connectivity index (χ0n) is 11.1. The lowest BCUT2D eigenvalue weighted by Crippen LogP contribution is -2.25. The van der Waals surface area contributed by atoms with E-state index in [0.29, 0.717) is 17.3 Å². The largest absolute Gasteiger partial charge is 0.363 e. The maximum absolute atomic E-state index is 11.0. The van der Waals surface area contributed by atoms with E-state index in [9.17, 15) is 10.1 Å². The molecule has 0 aromatic carbocycles. The number of hydrogen-bond donors (Lipinski definition) is 1. The summed E-state index contributed by atoms with van der Waals surface area (Å²) in [6, 6.07) is 5.34. The van der Waals surface area contributed by atoms with Crippen LogP contribution >= 0.6 is 0 Å². The summed E-state index contributed by atoms with van der Waals surface area (Å²) in [4.78, 5) is 21.3. The van der Waals surface area contributed by atoms with E-state index in [-0.39, 0.29) is 11.9 Å². The average Bonchev–Trinajstić information content (AvgIpc) is 3.15. The highest BCUT2D eigenvalue weighted by atomic mass is 16.5. The highest BCUT2D eigenvalue weighted by Crippen LogP contribution is 2.35. The van der Waals surface area contributed by atoms with Crippen molar-refractivity contribution in [2.24, 2.45) is 5.73 Å². The Morgan fingerprint density at radius 3 is 3.14 bits per heavy atom. The molecule has 1 atom stereocenters. The number of aromatic nitrogens is 3. The van der Waals surface area contributed by atoms with Gasteiger partial charge in [-0.2, -0.15) is 10.2 Å². The van der Waals surface area contributed by atoms with Crippen molar-refractivity contribution in [1.29, 1.82) is 5.26 Å². The molecule has 21 heavy (non-hydrogen) atoms. The van der Waals surface area contributed by atoms with Gasteiger partial charge in [0.05, 0.1) is 5.56 Å². The standard InChI is InChI=1S/C13H12N6O2/c14-7-8-3-1-5-16-12(8)19-6-2-4-9(19)13-17-11(10(15)20)18-21-13/h1,3,5,9H,2,4,6H2,(H2,15,20). The maximum atomic E-state index is 11.0. The highest BCUT2D eigenvalue weighted by molar-refractivity contribution is 5.88. The van der Waals surface area contributed by atoms with Crippen LogP contribution in [0.25, 0.3) is 0 Å². The molecule has 0 bridgehead atoms. The summed E-state index contributed by atoms with van der Waals surface area (Å²) in [5.41, 5.74) is 5.61. The highest BCUT2D eigenvalue weighted by Gasteiger charge is 2.33. The van der Waals surface area contributed by atoms with Crippen molar-refractivity contribution in [3.8, 4) is 6.07 Å². The van der Waals surface area contributed by atoms with E-state index in [0.717, 1.165) is 19.4 Å². The first kappa shape index (κ1) is 13.1. The minimum absolute atomic E-state index is 0.140. The van der Waals surface area contributed by atoms with Gasteiger partial charge in [0, 0.05) is 12.7 Å².